The minimum Gasteiger partial charge on any atom is -1.00 e. The zero-order valence-electron chi connectivity index (χ0n) is 9.28. The van der Waals surface area contributed by atoms with Crippen LogP contribution in [0.25, 0.3) is 0 Å². The molecule has 0 aromatic heterocycles. The molecule has 0 N–H and O–H groups in total. The van der Waals surface area contributed by atoms with E-state index in [4.69, 9.17) is 0 Å². The zero-order valence-corrected chi connectivity index (χ0v) is 13.3. The molecule has 3 heteroatoms. The Morgan fingerprint density at radius 2 is 1.62 bits per heavy atom. The van der Waals surface area contributed by atoms with Gasteiger partial charge in [-0.3, -0.25) is 0 Å². The normalized spacial score (nSPS) is 38.5. The fourth-order valence-electron chi connectivity index (χ4n) is 3.45. The fraction of sp³-hybridized carbons (Fsp3) is 0.615. The minimum atomic E-state index is 0. The number of hydrogen-bond acceptors (Lipinski definition) is 0. The second kappa shape index (κ2) is 7.39. The number of allylic oxidation sites excluding steroid dienone is 4. The van der Waals surface area contributed by atoms with Crippen LogP contribution in [0.1, 0.15) is 25.7 Å². The van der Waals surface area contributed by atoms with Crippen LogP contribution in [0.15, 0.2) is 24.3 Å². The molecule has 0 spiro atoms. The topological polar surface area (TPSA) is 0 Å². The first-order chi connectivity index (χ1) is 6.45. The first-order valence-corrected chi connectivity index (χ1v) is 5.65. The first-order valence-electron chi connectivity index (χ1n) is 5.65. The van der Waals surface area contributed by atoms with E-state index in [0.717, 1.165) is 23.7 Å². The molecule has 0 aromatic carbocycles. The van der Waals surface area contributed by atoms with E-state index in [1.165, 1.54) is 25.7 Å². The van der Waals surface area contributed by atoms with Gasteiger partial charge in [-0.1, -0.05) is 49.8 Å². The summed E-state index contributed by atoms with van der Waals surface area (Å²) in [5.74, 6) is 3.56. The van der Waals surface area contributed by atoms with Gasteiger partial charge in [-0.25, -0.2) is 0 Å². The second-order valence-electron chi connectivity index (χ2n) is 4.73. The maximum atomic E-state index is 2.62. The molecule has 3 aliphatic rings. The van der Waals surface area contributed by atoms with Crippen molar-refractivity contribution < 1.29 is 51.0 Å². The van der Waals surface area contributed by atoms with Crippen LogP contribution in [0.3, 0.4) is 0 Å². The molecule has 0 amide bonds. The molecule has 0 aliphatic heterocycles. The summed E-state index contributed by atoms with van der Waals surface area (Å²) in [6.07, 6.45) is 17.8. The Balaban J connectivity index is 0.000000750. The van der Waals surface area contributed by atoms with Gasteiger partial charge in [-0.2, -0.15) is 5.92 Å². The summed E-state index contributed by atoms with van der Waals surface area (Å²) in [5.41, 5.74) is 0. The van der Waals surface area contributed by atoms with Gasteiger partial charge in [0.1, 0.15) is 0 Å². The molecule has 4 atom stereocenters. The predicted molar refractivity (Wildman–Crippen MR) is 55.0 cm³/mol. The molecular weight excluding hydrogens is 318 g/mol. The molecule has 2 fully saturated rings. The molecule has 2 saturated carbocycles. The van der Waals surface area contributed by atoms with Crippen molar-refractivity contribution in [2.75, 3.05) is 0 Å². The Kier molecular flexibility index (Phi) is 7.83. The fourth-order valence-corrected chi connectivity index (χ4v) is 3.45. The molecular formula is C13H17Cl2Zr. The summed E-state index contributed by atoms with van der Waals surface area (Å²) < 4.78 is 0. The molecule has 3 aliphatic carbocycles. The molecule has 0 bridgehead atoms. The molecule has 87 valence electrons. The number of halogens is 2. The van der Waals surface area contributed by atoms with Crippen LogP contribution in [0.4, 0.5) is 0 Å². The van der Waals surface area contributed by atoms with Gasteiger partial charge < -0.3 is 31.2 Å². The van der Waals surface area contributed by atoms with E-state index in [9.17, 15) is 0 Å². The molecule has 0 nitrogen and oxygen atoms in total. The minimum absolute atomic E-state index is 0. The van der Waals surface area contributed by atoms with E-state index in [1.54, 1.807) is 0 Å². The molecule has 16 heavy (non-hydrogen) atoms. The van der Waals surface area contributed by atoms with Gasteiger partial charge in [0.25, 0.3) is 0 Å². The number of fused-ring (bicyclic) bond motifs is 3. The zero-order chi connectivity index (χ0) is 8.67. The van der Waals surface area contributed by atoms with E-state index in [2.05, 4.69) is 30.7 Å². The monoisotopic (exact) mass is 333 g/mol. The van der Waals surface area contributed by atoms with E-state index in [1.807, 2.05) is 0 Å². The maximum absolute atomic E-state index is 2.62. The number of hydrogen-bond donors (Lipinski definition) is 0. The van der Waals surface area contributed by atoms with Crippen LogP contribution in [0, 0.1) is 30.1 Å². The Labute approximate surface area is 130 Å². The quantitative estimate of drug-likeness (QED) is 0.425. The third kappa shape index (κ3) is 3.03. The maximum Gasteiger partial charge on any atom is 3.00 e. The average molecular weight is 335 g/mol. The summed E-state index contributed by atoms with van der Waals surface area (Å²) in [6, 6.07) is 0. The summed E-state index contributed by atoms with van der Waals surface area (Å²) >= 11 is 0. The van der Waals surface area contributed by atoms with Gasteiger partial charge in [-0.15, -0.1) is 12.0 Å². The van der Waals surface area contributed by atoms with Gasteiger partial charge in [0.2, 0.25) is 0 Å². The van der Waals surface area contributed by atoms with Crippen molar-refractivity contribution in [1.29, 1.82) is 0 Å². The standard InChI is InChI=1S/C13H17.2ClH.Zr/c1-3-7-12-10(5-1)9-11-6-2-4-8-13(11)12;;;/h1,3,5,7,9-13H,2,4,6,8H2;2*1H;/q-1;;;+3/p-2. The Bertz CT molecular complexity index is 263. The van der Waals surface area contributed by atoms with Crippen LogP contribution >= 0.6 is 0 Å². The van der Waals surface area contributed by atoms with Crippen molar-refractivity contribution in [3.05, 3.63) is 30.7 Å². The molecule has 0 aromatic rings. The van der Waals surface area contributed by atoms with Crippen molar-refractivity contribution in [1.82, 2.24) is 0 Å². The van der Waals surface area contributed by atoms with Crippen LogP contribution < -0.4 is 24.8 Å². The second-order valence-corrected chi connectivity index (χ2v) is 4.73. The first kappa shape index (κ1) is 16.9. The van der Waals surface area contributed by atoms with Gasteiger partial charge in [0, 0.05) is 0 Å². The van der Waals surface area contributed by atoms with Crippen molar-refractivity contribution >= 4 is 0 Å². The Hall–Kier alpha value is 0.943. The molecule has 0 saturated heterocycles. The molecule has 4 unspecified atom stereocenters. The predicted octanol–water partition coefficient (Wildman–Crippen LogP) is -2.63. The van der Waals surface area contributed by atoms with E-state index >= 15 is 0 Å². The summed E-state index contributed by atoms with van der Waals surface area (Å²) in [4.78, 5) is 0. The van der Waals surface area contributed by atoms with E-state index in [-0.39, 0.29) is 51.0 Å². The summed E-state index contributed by atoms with van der Waals surface area (Å²) in [7, 11) is 0. The Morgan fingerprint density at radius 1 is 0.938 bits per heavy atom. The van der Waals surface area contributed by atoms with Crippen LogP contribution in [0.5, 0.6) is 0 Å². The summed E-state index contributed by atoms with van der Waals surface area (Å²) in [5, 5.41) is 0. The van der Waals surface area contributed by atoms with Crippen molar-refractivity contribution in [3.63, 3.8) is 0 Å². The third-order valence-electron chi connectivity index (χ3n) is 4.06. The van der Waals surface area contributed by atoms with Crippen molar-refractivity contribution in [2.45, 2.75) is 25.7 Å². The van der Waals surface area contributed by atoms with E-state index in [0.29, 0.717) is 0 Å². The van der Waals surface area contributed by atoms with Gasteiger partial charge in [0.05, 0.1) is 0 Å². The van der Waals surface area contributed by atoms with Crippen molar-refractivity contribution in [3.8, 4) is 0 Å². The van der Waals surface area contributed by atoms with Gasteiger partial charge >= 0.3 is 26.2 Å². The smallest absolute Gasteiger partial charge is 1.00 e. The largest absolute Gasteiger partial charge is 3.00 e. The van der Waals surface area contributed by atoms with Crippen LogP contribution in [-0.2, 0) is 26.2 Å². The van der Waals surface area contributed by atoms with Gasteiger partial charge in [0.15, 0.2) is 0 Å². The number of rotatable bonds is 0. The molecule has 3 rings (SSSR count). The summed E-state index contributed by atoms with van der Waals surface area (Å²) in [6.45, 7) is 0. The van der Waals surface area contributed by atoms with Crippen LogP contribution in [-0.4, -0.2) is 0 Å². The molecule has 1 radical (unpaired) electrons. The van der Waals surface area contributed by atoms with Crippen molar-refractivity contribution in [2.24, 2.45) is 23.7 Å². The SMILES string of the molecule is C1=CC2[CH-]C3CCCCC3C2C=C1.[Cl-].[Cl-].[Zr+3]. The van der Waals surface area contributed by atoms with Gasteiger partial charge in [-0.05, 0) is 5.92 Å². The third-order valence-corrected chi connectivity index (χ3v) is 4.06. The molecule has 0 heterocycles. The Morgan fingerprint density at radius 3 is 2.44 bits per heavy atom. The average Bonchev–Trinajstić information content (AvgIpc) is 2.56. The van der Waals surface area contributed by atoms with E-state index < -0.39 is 0 Å². The van der Waals surface area contributed by atoms with Crippen LogP contribution in [0.2, 0.25) is 0 Å².